The summed E-state index contributed by atoms with van der Waals surface area (Å²) in [6, 6.07) is 15.2. The van der Waals surface area contributed by atoms with Crippen LogP contribution in [0.25, 0.3) is 22.4 Å². The van der Waals surface area contributed by atoms with Crippen molar-refractivity contribution in [2.75, 3.05) is 44.5 Å². The van der Waals surface area contributed by atoms with Gasteiger partial charge in [0.15, 0.2) is 34.3 Å². The number of fused-ring (bicyclic) bond motifs is 1. The number of carbonyl (C=O) groups is 1. The van der Waals surface area contributed by atoms with E-state index in [4.69, 9.17) is 20.2 Å². The lowest BCUT2D eigenvalue weighted by molar-refractivity contribution is -0.120. The summed E-state index contributed by atoms with van der Waals surface area (Å²) < 4.78 is 10.8. The van der Waals surface area contributed by atoms with Crippen molar-refractivity contribution in [1.82, 2.24) is 25.3 Å². The number of aryl methyl sites for hydroxylation is 1. The predicted molar refractivity (Wildman–Crippen MR) is 142 cm³/mol. The number of rotatable bonds is 8. The first-order valence-corrected chi connectivity index (χ1v) is 12.1. The van der Waals surface area contributed by atoms with Crippen molar-refractivity contribution in [2.24, 2.45) is 0 Å². The number of Topliss-reactive ketones (excluding diaryl/α,β-unsaturated/α-hetero) is 1. The summed E-state index contributed by atoms with van der Waals surface area (Å²) in [7, 11) is 3.17. The van der Waals surface area contributed by atoms with Crippen LogP contribution in [-0.2, 0) is 11.2 Å². The lowest BCUT2D eigenvalue weighted by Crippen LogP contribution is -2.55. The molecular weight excluding hydrogens is 470 g/mol. The fourth-order valence-corrected chi connectivity index (χ4v) is 4.57. The van der Waals surface area contributed by atoms with E-state index in [9.17, 15) is 4.79 Å². The van der Waals surface area contributed by atoms with Crippen LogP contribution in [0.1, 0.15) is 12.0 Å². The number of methoxy groups -OCH3 is 2. The highest BCUT2D eigenvalue weighted by Crippen LogP contribution is 2.33. The number of hydrogen-bond donors (Lipinski definition) is 2. The fourth-order valence-electron chi connectivity index (χ4n) is 4.57. The summed E-state index contributed by atoms with van der Waals surface area (Å²) in [6.45, 7) is 1.80. The average Bonchev–Trinajstić information content (AvgIpc) is 2.95. The van der Waals surface area contributed by atoms with Gasteiger partial charge in [-0.05, 0) is 30.2 Å². The van der Waals surface area contributed by atoms with E-state index in [0.29, 0.717) is 66.7 Å². The van der Waals surface area contributed by atoms with E-state index in [1.54, 1.807) is 20.4 Å². The number of piperazine rings is 1. The number of hydrogen-bond acceptors (Lipinski definition) is 10. The Kier molecular flexibility index (Phi) is 7.09. The molecule has 0 amide bonds. The highest BCUT2D eigenvalue weighted by molar-refractivity contribution is 5.92. The molecule has 0 aliphatic carbocycles. The summed E-state index contributed by atoms with van der Waals surface area (Å²) in [5.41, 5.74) is 9.47. The van der Waals surface area contributed by atoms with E-state index in [1.807, 2.05) is 53.4 Å². The second kappa shape index (κ2) is 10.8. The number of nitrogen functional groups attached to an aromatic ring is 1. The first-order valence-electron chi connectivity index (χ1n) is 12.1. The van der Waals surface area contributed by atoms with E-state index in [-0.39, 0.29) is 11.7 Å². The van der Waals surface area contributed by atoms with Gasteiger partial charge in [0, 0.05) is 31.6 Å². The van der Waals surface area contributed by atoms with Crippen LogP contribution in [0, 0.1) is 0 Å². The molecule has 1 aliphatic rings. The maximum atomic E-state index is 13.4. The number of anilines is 2. The molecule has 3 N–H and O–H groups in total. The van der Waals surface area contributed by atoms with Crippen molar-refractivity contribution in [1.29, 1.82) is 0 Å². The summed E-state index contributed by atoms with van der Waals surface area (Å²) >= 11 is 0. The summed E-state index contributed by atoms with van der Waals surface area (Å²) in [4.78, 5) is 33.6. The van der Waals surface area contributed by atoms with Crippen molar-refractivity contribution in [2.45, 2.75) is 18.9 Å². The van der Waals surface area contributed by atoms with Gasteiger partial charge in [-0.25, -0.2) is 9.97 Å². The van der Waals surface area contributed by atoms with Gasteiger partial charge in [-0.15, -0.1) is 0 Å². The second-order valence-corrected chi connectivity index (χ2v) is 8.77. The Labute approximate surface area is 214 Å². The molecule has 0 bridgehead atoms. The quantitative estimate of drug-likeness (QED) is 0.373. The standard InChI is InChI=1S/C27H29N7O3/c1-36-22-11-9-18(14-23(22)37-2)19-15-30-25-24(31-19)26(33-27(28)32-25)34-13-12-29-16-20(34)21(35)10-8-17-6-4-3-5-7-17/h3-7,9,11,14-15,20,29H,8,10,12-13,16H2,1-2H3,(H2,28,30,32,33). The molecule has 4 aromatic rings. The molecular formula is C27H29N7O3. The van der Waals surface area contributed by atoms with Gasteiger partial charge in [0.1, 0.15) is 6.04 Å². The minimum absolute atomic E-state index is 0.0877. The van der Waals surface area contributed by atoms with E-state index in [1.165, 1.54) is 0 Å². The number of ether oxygens (including phenoxy) is 2. The zero-order valence-electron chi connectivity index (χ0n) is 20.8. The van der Waals surface area contributed by atoms with Crippen molar-refractivity contribution >= 4 is 28.7 Å². The highest BCUT2D eigenvalue weighted by Gasteiger charge is 2.31. The fraction of sp³-hybridized carbons (Fsp3) is 0.296. The molecule has 5 rings (SSSR count). The lowest BCUT2D eigenvalue weighted by Gasteiger charge is -2.36. The van der Waals surface area contributed by atoms with Crippen LogP contribution < -0.4 is 25.4 Å². The number of nitrogens with zero attached hydrogens (tertiary/aromatic N) is 5. The molecule has 1 unspecified atom stereocenters. The third-order valence-electron chi connectivity index (χ3n) is 6.48. The normalized spacial score (nSPS) is 15.5. The van der Waals surface area contributed by atoms with Gasteiger partial charge >= 0.3 is 0 Å². The molecule has 10 nitrogen and oxygen atoms in total. The van der Waals surface area contributed by atoms with Gasteiger partial charge in [0.05, 0.1) is 26.1 Å². The van der Waals surface area contributed by atoms with Gasteiger partial charge < -0.3 is 25.4 Å². The molecule has 1 atom stereocenters. The van der Waals surface area contributed by atoms with Crippen LogP contribution in [0.3, 0.4) is 0 Å². The van der Waals surface area contributed by atoms with Gasteiger partial charge in [-0.1, -0.05) is 30.3 Å². The van der Waals surface area contributed by atoms with Crippen LogP contribution in [-0.4, -0.2) is 65.6 Å². The molecule has 10 heteroatoms. The third-order valence-corrected chi connectivity index (χ3v) is 6.48. The maximum Gasteiger partial charge on any atom is 0.224 e. The molecule has 0 radical (unpaired) electrons. The molecule has 1 aliphatic heterocycles. The Bertz CT molecular complexity index is 1410. The largest absolute Gasteiger partial charge is 0.493 e. The molecule has 3 heterocycles. The Hall–Kier alpha value is -4.31. The number of nitrogens with two attached hydrogens (primary N) is 1. The van der Waals surface area contributed by atoms with Crippen LogP contribution in [0.15, 0.2) is 54.7 Å². The van der Waals surface area contributed by atoms with Crippen molar-refractivity contribution in [3.05, 3.63) is 60.3 Å². The van der Waals surface area contributed by atoms with Crippen LogP contribution in [0.4, 0.5) is 11.8 Å². The van der Waals surface area contributed by atoms with E-state index >= 15 is 0 Å². The minimum atomic E-state index is -0.401. The molecule has 37 heavy (non-hydrogen) atoms. The van der Waals surface area contributed by atoms with Gasteiger partial charge in [-0.3, -0.25) is 4.79 Å². The van der Waals surface area contributed by atoms with Crippen molar-refractivity contribution in [3.8, 4) is 22.8 Å². The number of carbonyl (C=O) groups excluding carboxylic acids is 1. The molecule has 2 aromatic carbocycles. The zero-order valence-corrected chi connectivity index (χ0v) is 20.8. The third kappa shape index (κ3) is 5.14. The number of aromatic nitrogens is 4. The van der Waals surface area contributed by atoms with E-state index in [2.05, 4.69) is 20.3 Å². The zero-order chi connectivity index (χ0) is 25.8. The summed E-state index contributed by atoms with van der Waals surface area (Å²) in [6.07, 6.45) is 2.74. The SMILES string of the molecule is COc1ccc(-c2cnc3nc(N)nc(N4CCNCC4C(=O)CCc4ccccc4)c3n2)cc1OC. The molecule has 0 saturated carbocycles. The number of nitrogens with one attached hydrogen (secondary N) is 1. The predicted octanol–water partition coefficient (Wildman–Crippen LogP) is 2.67. The van der Waals surface area contributed by atoms with Gasteiger partial charge in [-0.2, -0.15) is 9.97 Å². The molecule has 2 aromatic heterocycles. The van der Waals surface area contributed by atoms with Crippen LogP contribution in [0.2, 0.25) is 0 Å². The Morgan fingerprint density at radius 1 is 1.08 bits per heavy atom. The van der Waals surface area contributed by atoms with E-state index in [0.717, 1.165) is 11.1 Å². The number of ketones is 1. The topological polar surface area (TPSA) is 128 Å². The Balaban J connectivity index is 1.50. The smallest absolute Gasteiger partial charge is 0.224 e. The second-order valence-electron chi connectivity index (χ2n) is 8.77. The first kappa shape index (κ1) is 24.4. The first-order chi connectivity index (χ1) is 18.1. The maximum absolute atomic E-state index is 13.4. The molecule has 0 spiro atoms. The molecule has 1 fully saturated rings. The monoisotopic (exact) mass is 499 g/mol. The van der Waals surface area contributed by atoms with Gasteiger partial charge in [0.2, 0.25) is 5.95 Å². The molecule has 190 valence electrons. The van der Waals surface area contributed by atoms with E-state index < -0.39 is 6.04 Å². The Morgan fingerprint density at radius 3 is 2.68 bits per heavy atom. The number of benzene rings is 2. The van der Waals surface area contributed by atoms with Crippen LogP contribution >= 0.6 is 0 Å². The van der Waals surface area contributed by atoms with Crippen LogP contribution in [0.5, 0.6) is 11.5 Å². The van der Waals surface area contributed by atoms with Crippen molar-refractivity contribution in [3.63, 3.8) is 0 Å². The average molecular weight is 500 g/mol. The highest BCUT2D eigenvalue weighted by atomic mass is 16.5. The van der Waals surface area contributed by atoms with Crippen molar-refractivity contribution < 1.29 is 14.3 Å². The minimum Gasteiger partial charge on any atom is -0.493 e. The molecule has 1 saturated heterocycles. The summed E-state index contributed by atoms with van der Waals surface area (Å²) in [5.74, 6) is 1.93. The lowest BCUT2D eigenvalue weighted by atomic mass is 10.0. The summed E-state index contributed by atoms with van der Waals surface area (Å²) in [5, 5.41) is 3.34. The Morgan fingerprint density at radius 2 is 1.89 bits per heavy atom. The van der Waals surface area contributed by atoms with Gasteiger partial charge in [0.25, 0.3) is 0 Å².